The average Bonchev–Trinajstić information content (AvgIpc) is 2.58. The molecule has 1 rings (SSSR count). The number of carbonyl (C=O) groups is 1. The highest BCUT2D eigenvalue weighted by Crippen LogP contribution is 2.23. The van der Waals surface area contributed by atoms with Crippen LogP contribution < -0.4 is 5.32 Å². The fourth-order valence-electron chi connectivity index (χ4n) is 0.735. The van der Waals surface area contributed by atoms with Crippen LogP contribution in [0.5, 0.6) is 0 Å². The summed E-state index contributed by atoms with van der Waals surface area (Å²) in [6.45, 7) is 5.53. The van der Waals surface area contributed by atoms with E-state index >= 15 is 0 Å². The van der Waals surface area contributed by atoms with Crippen LogP contribution >= 0.6 is 35.7 Å². The van der Waals surface area contributed by atoms with Crippen LogP contribution in [0.1, 0.15) is 6.92 Å². The number of rotatable bonds is 5. The average molecular weight is 277 g/mol. The molecule has 0 saturated heterocycles. The van der Waals surface area contributed by atoms with Gasteiger partial charge in [-0.15, -0.1) is 22.8 Å². The van der Waals surface area contributed by atoms with Crippen molar-refractivity contribution in [2.75, 3.05) is 12.4 Å². The Morgan fingerprint density at radius 1 is 1.69 bits per heavy atom. The van der Waals surface area contributed by atoms with Crippen LogP contribution in [0.3, 0.4) is 0 Å². The summed E-state index contributed by atoms with van der Waals surface area (Å²) in [5.41, 5.74) is 0.557. The number of thiol groups is 1. The summed E-state index contributed by atoms with van der Waals surface area (Å²) < 4.78 is 6.33. The van der Waals surface area contributed by atoms with Gasteiger partial charge >= 0.3 is 6.09 Å². The van der Waals surface area contributed by atoms with Gasteiger partial charge in [0.05, 0.1) is 0 Å². The molecule has 1 aromatic heterocycles. The van der Waals surface area contributed by atoms with E-state index in [0.717, 1.165) is 4.34 Å². The summed E-state index contributed by atoms with van der Waals surface area (Å²) in [7, 11) is 0. The number of ether oxygens (including phenoxy) is 1. The summed E-state index contributed by atoms with van der Waals surface area (Å²) in [5.74, 6) is 0.631. The first-order valence-electron chi connectivity index (χ1n) is 4.32. The predicted molar refractivity (Wildman–Crippen MR) is 67.2 cm³/mol. The zero-order chi connectivity index (χ0) is 12.0. The van der Waals surface area contributed by atoms with Crippen molar-refractivity contribution in [3.8, 4) is 0 Å². The number of amides is 1. The Balaban J connectivity index is 2.12. The minimum atomic E-state index is -0.486. The van der Waals surface area contributed by atoms with E-state index < -0.39 is 6.09 Å². The van der Waals surface area contributed by atoms with Crippen molar-refractivity contribution in [1.29, 1.82) is 0 Å². The van der Waals surface area contributed by atoms with Crippen molar-refractivity contribution < 1.29 is 9.53 Å². The van der Waals surface area contributed by atoms with Gasteiger partial charge in [0, 0.05) is 11.4 Å². The van der Waals surface area contributed by atoms with E-state index in [1.165, 1.54) is 23.1 Å². The van der Waals surface area contributed by atoms with E-state index in [1.54, 1.807) is 6.92 Å². The Morgan fingerprint density at radius 3 is 3.00 bits per heavy atom. The van der Waals surface area contributed by atoms with Crippen LogP contribution in [-0.2, 0) is 4.74 Å². The highest BCUT2D eigenvalue weighted by atomic mass is 32.2. The molecule has 16 heavy (non-hydrogen) atoms. The molecule has 8 heteroatoms. The van der Waals surface area contributed by atoms with Gasteiger partial charge in [0.1, 0.15) is 6.61 Å². The second-order valence-corrected chi connectivity index (χ2v) is 5.79. The third kappa shape index (κ3) is 5.38. The van der Waals surface area contributed by atoms with Gasteiger partial charge in [-0.3, -0.25) is 5.32 Å². The molecule has 0 saturated carbocycles. The summed E-state index contributed by atoms with van der Waals surface area (Å²) in [4.78, 5) is 11.0. The van der Waals surface area contributed by atoms with Gasteiger partial charge in [-0.25, -0.2) is 4.79 Å². The molecule has 88 valence electrons. The monoisotopic (exact) mass is 277 g/mol. The van der Waals surface area contributed by atoms with Crippen LogP contribution in [0, 0.1) is 0 Å². The molecular weight excluding hydrogens is 266 g/mol. The smallest absolute Gasteiger partial charge is 0.411 e. The Bertz CT molecular complexity index is 380. The van der Waals surface area contributed by atoms with Gasteiger partial charge < -0.3 is 4.74 Å². The lowest BCUT2D eigenvalue weighted by Crippen LogP contribution is -2.22. The highest BCUT2D eigenvalue weighted by Gasteiger charge is 2.03. The lowest BCUT2D eigenvalue weighted by molar-refractivity contribution is 0.156. The number of alkyl carbamates (subject to hydrolysis) is 1. The molecule has 0 aromatic carbocycles. The zero-order valence-corrected chi connectivity index (χ0v) is 11.1. The fraction of sp³-hybridized carbons (Fsp3) is 0.375. The molecule has 1 heterocycles. The Hall–Kier alpha value is -0.730. The maximum atomic E-state index is 11.0. The summed E-state index contributed by atoms with van der Waals surface area (Å²) >= 11 is 6.91. The topological polar surface area (TPSA) is 64.1 Å². The van der Waals surface area contributed by atoms with Crippen molar-refractivity contribution in [2.45, 2.75) is 15.6 Å². The quantitative estimate of drug-likeness (QED) is 0.490. The lowest BCUT2D eigenvalue weighted by Gasteiger charge is -2.04. The molecule has 1 aromatic rings. The van der Waals surface area contributed by atoms with Crippen LogP contribution in [0.2, 0.25) is 0 Å². The molecule has 0 aliphatic carbocycles. The minimum Gasteiger partial charge on any atom is -0.448 e. The third-order valence-corrected chi connectivity index (χ3v) is 3.44. The number of thioether (sulfide) groups is 1. The number of allylic oxidation sites excluding steroid dienone is 1. The molecule has 0 radical (unpaired) electrons. The minimum absolute atomic E-state index is 0.311. The Morgan fingerprint density at radius 2 is 2.44 bits per heavy atom. The molecular formula is C8H11N3O2S3. The lowest BCUT2D eigenvalue weighted by atomic mass is 10.6. The van der Waals surface area contributed by atoms with E-state index in [9.17, 15) is 4.79 Å². The third-order valence-electron chi connectivity index (χ3n) is 1.25. The Labute approximate surface area is 107 Å². The van der Waals surface area contributed by atoms with E-state index in [-0.39, 0.29) is 0 Å². The van der Waals surface area contributed by atoms with Crippen LogP contribution in [0.4, 0.5) is 4.79 Å². The van der Waals surface area contributed by atoms with E-state index in [0.29, 0.717) is 22.4 Å². The molecule has 0 spiro atoms. The van der Waals surface area contributed by atoms with E-state index in [1.807, 2.05) is 0 Å². The van der Waals surface area contributed by atoms with Gasteiger partial charge in [0.25, 0.3) is 0 Å². The molecule has 0 fully saturated rings. The van der Waals surface area contributed by atoms with Gasteiger partial charge in [0.15, 0.2) is 8.68 Å². The summed E-state index contributed by atoms with van der Waals surface area (Å²) in [5, 5.41) is 10.1. The number of nitrogens with one attached hydrogen (secondary N) is 1. The zero-order valence-electron chi connectivity index (χ0n) is 8.60. The second kappa shape index (κ2) is 6.77. The molecule has 1 N–H and O–H groups in total. The van der Waals surface area contributed by atoms with E-state index in [2.05, 4.69) is 34.7 Å². The van der Waals surface area contributed by atoms with Crippen LogP contribution in [0.15, 0.2) is 21.0 Å². The SMILES string of the molecule is C=C(C)NC(=O)OCCSc1nnc(S)s1. The fourth-order valence-corrected chi connectivity index (χ4v) is 2.71. The number of hydrogen-bond donors (Lipinski definition) is 2. The molecule has 0 aliphatic rings. The van der Waals surface area contributed by atoms with Crippen molar-refractivity contribution in [2.24, 2.45) is 0 Å². The first kappa shape index (κ1) is 13.3. The van der Waals surface area contributed by atoms with Gasteiger partial charge in [-0.05, 0) is 6.92 Å². The largest absolute Gasteiger partial charge is 0.448 e. The normalized spacial score (nSPS) is 9.88. The van der Waals surface area contributed by atoms with Crippen molar-refractivity contribution >= 4 is 41.8 Å². The standard InChI is InChI=1S/C8H11N3O2S3/c1-5(2)9-6(12)13-3-4-15-8-11-10-7(14)16-8/h1,3-4H2,2H3,(H,9,12)(H,10,14). The van der Waals surface area contributed by atoms with Gasteiger partial charge in [0.2, 0.25) is 0 Å². The molecule has 0 unspecified atom stereocenters. The first-order valence-corrected chi connectivity index (χ1v) is 6.57. The molecule has 5 nitrogen and oxygen atoms in total. The van der Waals surface area contributed by atoms with Crippen molar-refractivity contribution in [3.63, 3.8) is 0 Å². The highest BCUT2D eigenvalue weighted by molar-refractivity contribution is 8.01. The number of hydrogen-bond acceptors (Lipinski definition) is 7. The number of aromatic nitrogens is 2. The molecule has 1 amide bonds. The van der Waals surface area contributed by atoms with Gasteiger partial charge in [-0.1, -0.05) is 29.7 Å². The Kier molecular flexibility index (Phi) is 5.64. The number of carbonyl (C=O) groups excluding carboxylic acids is 1. The first-order chi connectivity index (χ1) is 7.58. The predicted octanol–water partition coefficient (Wildman–Crippen LogP) is 2.18. The maximum Gasteiger partial charge on any atom is 0.411 e. The summed E-state index contributed by atoms with van der Waals surface area (Å²) in [6, 6.07) is 0. The second-order valence-electron chi connectivity index (χ2n) is 2.74. The van der Waals surface area contributed by atoms with E-state index in [4.69, 9.17) is 4.74 Å². The van der Waals surface area contributed by atoms with Crippen LogP contribution in [0.25, 0.3) is 0 Å². The van der Waals surface area contributed by atoms with Crippen molar-refractivity contribution in [1.82, 2.24) is 15.5 Å². The maximum absolute atomic E-state index is 11.0. The number of nitrogens with zero attached hydrogens (tertiary/aromatic N) is 2. The molecule has 0 bridgehead atoms. The molecule has 0 atom stereocenters. The van der Waals surface area contributed by atoms with Gasteiger partial charge in [-0.2, -0.15) is 0 Å². The molecule has 0 aliphatic heterocycles. The van der Waals surface area contributed by atoms with Crippen LogP contribution in [-0.4, -0.2) is 28.7 Å². The van der Waals surface area contributed by atoms with Crippen molar-refractivity contribution in [3.05, 3.63) is 12.3 Å². The summed E-state index contributed by atoms with van der Waals surface area (Å²) in [6.07, 6.45) is -0.486.